The van der Waals surface area contributed by atoms with Crippen LogP contribution in [0.15, 0.2) is 0 Å². The van der Waals surface area contributed by atoms with Crippen LogP contribution in [0.1, 0.15) is 66.7 Å². The number of aliphatic hydroxyl groups is 1. The largest absolute Gasteiger partial charge is 0.444 e. The molecule has 0 aliphatic carbocycles. The summed E-state index contributed by atoms with van der Waals surface area (Å²) in [6.07, 6.45) is 3.31. The number of carbonyl (C=O) groups excluding carboxylic acids is 2. The molecule has 2 N–H and O–H groups in total. The minimum atomic E-state index is -0.570. The first-order valence-electron chi connectivity index (χ1n) is 7.80. The van der Waals surface area contributed by atoms with Crippen molar-refractivity contribution in [2.75, 3.05) is 6.61 Å². The Balaban J connectivity index is 4.28. The Morgan fingerprint density at radius 2 is 1.67 bits per heavy atom. The van der Waals surface area contributed by atoms with Crippen molar-refractivity contribution in [2.45, 2.75) is 78.4 Å². The van der Waals surface area contributed by atoms with Gasteiger partial charge in [0.1, 0.15) is 5.60 Å². The van der Waals surface area contributed by atoms with Gasteiger partial charge in [-0.25, -0.2) is 4.79 Å². The molecular formula is C16H31NO4. The predicted molar refractivity (Wildman–Crippen MR) is 83.2 cm³/mol. The number of ether oxygens (including phenoxy) is 1. The Labute approximate surface area is 128 Å². The number of hydrogen-bond acceptors (Lipinski definition) is 4. The fraction of sp³-hybridized carbons (Fsp3) is 0.875. The summed E-state index contributed by atoms with van der Waals surface area (Å²) < 4.78 is 5.20. The average Bonchev–Trinajstić information content (AvgIpc) is 2.33. The van der Waals surface area contributed by atoms with Crippen molar-refractivity contribution in [3.05, 3.63) is 0 Å². The third-order valence-corrected chi connectivity index (χ3v) is 3.02. The van der Waals surface area contributed by atoms with Crippen molar-refractivity contribution in [1.29, 1.82) is 0 Å². The summed E-state index contributed by atoms with van der Waals surface area (Å²) >= 11 is 0. The van der Waals surface area contributed by atoms with E-state index < -0.39 is 17.7 Å². The van der Waals surface area contributed by atoms with Gasteiger partial charge in [0.15, 0.2) is 5.78 Å². The van der Waals surface area contributed by atoms with Crippen molar-refractivity contribution in [2.24, 2.45) is 5.92 Å². The number of rotatable bonds is 9. The zero-order valence-corrected chi connectivity index (χ0v) is 14.1. The van der Waals surface area contributed by atoms with Gasteiger partial charge >= 0.3 is 6.09 Å². The van der Waals surface area contributed by atoms with Gasteiger partial charge in [-0.2, -0.15) is 0 Å². The molecule has 0 aromatic carbocycles. The van der Waals surface area contributed by atoms with E-state index in [2.05, 4.69) is 5.32 Å². The highest BCUT2D eigenvalue weighted by atomic mass is 16.6. The molecule has 0 heterocycles. The highest BCUT2D eigenvalue weighted by Gasteiger charge is 2.26. The molecule has 0 saturated carbocycles. The molecule has 0 aromatic rings. The number of ketones is 1. The van der Waals surface area contributed by atoms with Gasteiger partial charge < -0.3 is 15.2 Å². The first-order chi connectivity index (χ1) is 9.67. The van der Waals surface area contributed by atoms with Gasteiger partial charge in [0, 0.05) is 13.0 Å². The van der Waals surface area contributed by atoms with Gasteiger partial charge in [-0.3, -0.25) is 4.79 Å². The number of amides is 1. The van der Waals surface area contributed by atoms with E-state index in [0.29, 0.717) is 6.42 Å². The molecular weight excluding hydrogens is 270 g/mol. The number of unbranched alkanes of at least 4 members (excludes halogenated alkanes) is 3. The molecule has 0 spiro atoms. The maximum Gasteiger partial charge on any atom is 0.408 e. The van der Waals surface area contributed by atoms with Crippen LogP contribution in [0.25, 0.3) is 0 Å². The van der Waals surface area contributed by atoms with E-state index in [1.54, 1.807) is 20.8 Å². The summed E-state index contributed by atoms with van der Waals surface area (Å²) in [6.45, 7) is 9.39. The summed E-state index contributed by atoms with van der Waals surface area (Å²) in [6, 6.07) is -0.502. The fourth-order valence-corrected chi connectivity index (χ4v) is 1.97. The van der Waals surface area contributed by atoms with Crippen LogP contribution in [0, 0.1) is 5.92 Å². The lowest BCUT2D eigenvalue weighted by atomic mass is 9.96. The molecule has 5 nitrogen and oxygen atoms in total. The maximum absolute atomic E-state index is 12.2. The molecule has 1 unspecified atom stereocenters. The van der Waals surface area contributed by atoms with Crippen LogP contribution in [0.3, 0.4) is 0 Å². The molecule has 21 heavy (non-hydrogen) atoms. The lowest BCUT2D eigenvalue weighted by Crippen LogP contribution is -2.46. The molecule has 0 radical (unpaired) electrons. The monoisotopic (exact) mass is 301 g/mol. The third-order valence-electron chi connectivity index (χ3n) is 3.02. The second-order valence-corrected chi connectivity index (χ2v) is 6.72. The van der Waals surface area contributed by atoms with Gasteiger partial charge in [0.2, 0.25) is 0 Å². The van der Waals surface area contributed by atoms with E-state index in [1.807, 2.05) is 13.8 Å². The van der Waals surface area contributed by atoms with Gasteiger partial charge in [-0.1, -0.05) is 26.7 Å². The van der Waals surface area contributed by atoms with E-state index in [1.165, 1.54) is 0 Å². The van der Waals surface area contributed by atoms with Crippen LogP contribution >= 0.6 is 0 Å². The lowest BCUT2D eigenvalue weighted by Gasteiger charge is -2.25. The highest BCUT2D eigenvalue weighted by molar-refractivity contribution is 5.87. The van der Waals surface area contributed by atoms with E-state index in [9.17, 15) is 9.59 Å². The molecule has 0 bridgehead atoms. The zero-order valence-electron chi connectivity index (χ0n) is 14.1. The minimum Gasteiger partial charge on any atom is -0.444 e. The fourth-order valence-electron chi connectivity index (χ4n) is 1.97. The van der Waals surface area contributed by atoms with Gasteiger partial charge in [-0.05, 0) is 39.5 Å². The van der Waals surface area contributed by atoms with Crippen molar-refractivity contribution < 1.29 is 19.4 Å². The third kappa shape index (κ3) is 10.3. The Kier molecular flexibility index (Phi) is 9.26. The van der Waals surface area contributed by atoms with Crippen LogP contribution < -0.4 is 5.32 Å². The molecule has 0 fully saturated rings. The van der Waals surface area contributed by atoms with Crippen molar-refractivity contribution in [3.63, 3.8) is 0 Å². The average molecular weight is 301 g/mol. The van der Waals surface area contributed by atoms with Gasteiger partial charge in [0.05, 0.1) is 6.04 Å². The topological polar surface area (TPSA) is 75.6 Å². The molecule has 0 aliphatic rings. The summed E-state index contributed by atoms with van der Waals surface area (Å²) in [5.41, 5.74) is -0.570. The predicted octanol–water partition coefficient (Wildman–Crippen LogP) is 3.05. The van der Waals surface area contributed by atoms with E-state index in [4.69, 9.17) is 9.84 Å². The molecule has 1 atom stereocenters. The standard InChI is InChI=1S/C16H31NO4/c1-12(2)14(17-15(20)21-16(3,4)5)13(19)10-8-6-7-9-11-18/h12,14,18H,6-11H2,1-5H3,(H,17,20). The number of nitrogens with one attached hydrogen (secondary N) is 1. The molecule has 0 saturated heterocycles. The van der Waals surface area contributed by atoms with E-state index >= 15 is 0 Å². The molecule has 0 aliphatic heterocycles. The van der Waals surface area contributed by atoms with Gasteiger partial charge in [-0.15, -0.1) is 0 Å². The Bertz CT molecular complexity index is 321. The molecule has 124 valence electrons. The van der Waals surface area contributed by atoms with Crippen LogP contribution in [0.4, 0.5) is 4.79 Å². The van der Waals surface area contributed by atoms with Crippen LogP contribution in [0.2, 0.25) is 0 Å². The van der Waals surface area contributed by atoms with Crippen molar-refractivity contribution in [3.8, 4) is 0 Å². The summed E-state index contributed by atoms with van der Waals surface area (Å²) in [5, 5.41) is 11.4. The number of Topliss-reactive ketones (excluding diaryl/α,β-unsaturated/α-hetero) is 1. The Hall–Kier alpha value is -1.10. The van der Waals surface area contributed by atoms with Crippen LogP contribution in [-0.4, -0.2) is 35.2 Å². The number of carbonyl (C=O) groups is 2. The summed E-state index contributed by atoms with van der Waals surface area (Å²) in [5.74, 6) is 0.0716. The van der Waals surface area contributed by atoms with Crippen LogP contribution in [0.5, 0.6) is 0 Å². The molecule has 0 aromatic heterocycles. The van der Waals surface area contributed by atoms with E-state index in [0.717, 1.165) is 25.7 Å². The smallest absolute Gasteiger partial charge is 0.408 e. The second-order valence-electron chi connectivity index (χ2n) is 6.72. The number of alkyl carbamates (subject to hydrolysis) is 1. The molecule has 0 rings (SSSR count). The second kappa shape index (κ2) is 9.77. The maximum atomic E-state index is 12.2. The number of aliphatic hydroxyl groups excluding tert-OH is 1. The summed E-state index contributed by atoms with van der Waals surface area (Å²) in [7, 11) is 0. The van der Waals surface area contributed by atoms with Crippen molar-refractivity contribution >= 4 is 11.9 Å². The SMILES string of the molecule is CC(C)C(NC(=O)OC(C)(C)C)C(=O)CCCCCCO. The quantitative estimate of drug-likeness (QED) is 0.642. The van der Waals surface area contributed by atoms with E-state index in [-0.39, 0.29) is 18.3 Å². The normalized spacial score (nSPS) is 13.1. The van der Waals surface area contributed by atoms with Gasteiger partial charge in [0.25, 0.3) is 0 Å². The Morgan fingerprint density at radius 1 is 1.10 bits per heavy atom. The first kappa shape index (κ1) is 19.9. The minimum absolute atomic E-state index is 0.0301. The van der Waals surface area contributed by atoms with Crippen LogP contribution in [-0.2, 0) is 9.53 Å². The highest BCUT2D eigenvalue weighted by Crippen LogP contribution is 2.12. The lowest BCUT2D eigenvalue weighted by molar-refractivity contribution is -0.122. The summed E-state index contributed by atoms with van der Waals surface area (Å²) in [4.78, 5) is 24.0. The molecule has 1 amide bonds. The molecule has 5 heteroatoms. The zero-order chi connectivity index (χ0) is 16.5. The van der Waals surface area contributed by atoms with Crippen molar-refractivity contribution in [1.82, 2.24) is 5.32 Å². The Morgan fingerprint density at radius 3 is 2.14 bits per heavy atom. The first-order valence-corrected chi connectivity index (χ1v) is 7.80. The number of hydrogen-bond donors (Lipinski definition) is 2.